The summed E-state index contributed by atoms with van der Waals surface area (Å²) in [6, 6.07) is 11.1. The lowest BCUT2D eigenvalue weighted by Crippen LogP contribution is -2.56. The number of amides is 4. The average molecular weight is 646 g/mol. The summed E-state index contributed by atoms with van der Waals surface area (Å²) in [4.78, 5) is 77.9. The second kappa shape index (κ2) is 13.6. The highest BCUT2D eigenvalue weighted by Crippen LogP contribution is 2.53. The van der Waals surface area contributed by atoms with Gasteiger partial charge in [-0.2, -0.15) is 0 Å². The van der Waals surface area contributed by atoms with Crippen LogP contribution in [0.15, 0.2) is 53.5 Å². The Bertz CT molecular complexity index is 1670. The Morgan fingerprint density at radius 1 is 0.957 bits per heavy atom. The first-order valence-electron chi connectivity index (χ1n) is 16.1. The van der Waals surface area contributed by atoms with Crippen molar-refractivity contribution in [1.29, 1.82) is 0 Å². The Kier molecular flexibility index (Phi) is 9.34. The number of pyridine rings is 1. The second-order valence-electron chi connectivity index (χ2n) is 12.9. The lowest BCUT2D eigenvalue weighted by Gasteiger charge is -2.54. The second-order valence-corrected chi connectivity index (χ2v) is 13.9. The van der Waals surface area contributed by atoms with Crippen LogP contribution in [0, 0.1) is 23.7 Å². The number of thiophene rings is 1. The molecule has 4 amide bonds. The molecule has 4 N–H and O–H groups in total. The third-order valence-electron chi connectivity index (χ3n) is 9.67. The van der Waals surface area contributed by atoms with E-state index in [0.717, 1.165) is 47.6 Å². The highest BCUT2D eigenvalue weighted by Gasteiger charge is 2.48. The quantitative estimate of drug-likeness (QED) is 0.222. The number of fused-ring (bicyclic) bond motifs is 1. The molecule has 2 heterocycles. The summed E-state index contributed by atoms with van der Waals surface area (Å²) in [5.74, 6) is -0.389. The molecule has 1 atom stereocenters. The number of anilines is 1. The van der Waals surface area contributed by atoms with Gasteiger partial charge in [-0.3, -0.25) is 28.8 Å². The summed E-state index contributed by atoms with van der Waals surface area (Å²) in [5.41, 5.74) is -0.629. The van der Waals surface area contributed by atoms with Gasteiger partial charge < -0.3 is 25.8 Å². The maximum atomic E-state index is 13.5. The van der Waals surface area contributed by atoms with E-state index >= 15 is 0 Å². The molecule has 1 aromatic carbocycles. The van der Waals surface area contributed by atoms with Gasteiger partial charge in [-0.25, -0.2) is 0 Å². The van der Waals surface area contributed by atoms with E-state index in [-0.39, 0.29) is 43.6 Å². The summed E-state index contributed by atoms with van der Waals surface area (Å²) < 4.78 is 2.15. The zero-order chi connectivity index (χ0) is 32.4. The van der Waals surface area contributed by atoms with Gasteiger partial charge >= 0.3 is 0 Å². The van der Waals surface area contributed by atoms with Crippen molar-refractivity contribution in [3.05, 3.63) is 63.9 Å². The van der Waals surface area contributed by atoms with Crippen molar-refractivity contribution in [2.45, 2.75) is 70.5 Å². The van der Waals surface area contributed by atoms with Gasteiger partial charge in [0.25, 0.3) is 17.4 Å². The predicted octanol–water partition coefficient (Wildman–Crippen LogP) is 3.23. The number of Topliss-reactive ketones (excluding diaryl/α,β-unsaturated/α-hetero) is 1. The van der Waals surface area contributed by atoms with Crippen LogP contribution in [-0.4, -0.2) is 52.6 Å². The normalized spacial score (nSPS) is 23.5. The van der Waals surface area contributed by atoms with Crippen LogP contribution in [0.3, 0.4) is 0 Å². The molecule has 4 fully saturated rings. The Morgan fingerprint density at radius 3 is 2.37 bits per heavy atom. The van der Waals surface area contributed by atoms with E-state index in [2.05, 4.69) is 21.3 Å². The number of carbonyl (C=O) groups excluding carboxylic acids is 5. The Hall–Kier alpha value is -4.32. The van der Waals surface area contributed by atoms with Crippen LogP contribution in [0.1, 0.15) is 61.5 Å². The van der Waals surface area contributed by atoms with Gasteiger partial charge in [0.1, 0.15) is 18.3 Å². The standard InChI is InChI=1S/C34H39N5O6S/c1-2-35-32(43)26(40)10-9-24(36-33(44)28-17-21-6-3-4-8-27(21)46-28)31(42)37-25-7-5-11-39(34(25)45)18-29(41)38-30-22-13-19-12-20(15-22)16-23(30)14-19/h3-8,11,17,19-20,22-24,30H,2,9-10,12-16,18H2,1H3,(H,35,43)(H,36,44)(H,37,42)(H,38,41)/t19?,20?,22?,23?,24-,30?/m0/s1. The van der Waals surface area contributed by atoms with Crippen LogP contribution in [0.2, 0.25) is 0 Å². The molecular formula is C34H39N5O6S. The lowest BCUT2D eigenvalue weighted by molar-refractivity contribution is -0.138. The number of carbonyl (C=O) groups is 5. The fourth-order valence-electron chi connectivity index (χ4n) is 7.76. The summed E-state index contributed by atoms with van der Waals surface area (Å²) in [7, 11) is 0. The number of aromatic nitrogens is 1. The number of hydrogen-bond acceptors (Lipinski definition) is 7. The molecule has 4 bridgehead atoms. The molecule has 11 nitrogen and oxygen atoms in total. The van der Waals surface area contributed by atoms with E-state index in [4.69, 9.17) is 0 Å². The molecule has 4 aliphatic rings. The fourth-order valence-corrected chi connectivity index (χ4v) is 8.73. The molecule has 0 saturated heterocycles. The summed E-state index contributed by atoms with van der Waals surface area (Å²) in [5, 5.41) is 11.8. The van der Waals surface area contributed by atoms with Gasteiger partial charge in [0, 0.05) is 29.9 Å². The smallest absolute Gasteiger partial charge is 0.287 e. The maximum absolute atomic E-state index is 13.5. The highest BCUT2D eigenvalue weighted by atomic mass is 32.1. The van der Waals surface area contributed by atoms with Gasteiger partial charge in [-0.1, -0.05) is 18.2 Å². The number of hydrogen-bond donors (Lipinski definition) is 4. The van der Waals surface area contributed by atoms with Crippen LogP contribution in [0.25, 0.3) is 10.1 Å². The highest BCUT2D eigenvalue weighted by molar-refractivity contribution is 7.20. The van der Waals surface area contributed by atoms with Crippen molar-refractivity contribution in [2.24, 2.45) is 23.7 Å². The number of likely N-dealkylation sites (N-methyl/N-ethyl adjacent to an activating group) is 1. The van der Waals surface area contributed by atoms with E-state index in [9.17, 15) is 28.8 Å². The van der Waals surface area contributed by atoms with Crippen molar-refractivity contribution in [3.63, 3.8) is 0 Å². The molecular weight excluding hydrogens is 606 g/mol. The largest absolute Gasteiger partial charge is 0.351 e. The van der Waals surface area contributed by atoms with Crippen LogP contribution in [0.4, 0.5) is 5.69 Å². The molecule has 4 aliphatic carbocycles. The van der Waals surface area contributed by atoms with Crippen LogP contribution < -0.4 is 26.8 Å². The first-order valence-corrected chi connectivity index (χ1v) is 16.9. The monoisotopic (exact) mass is 645 g/mol. The molecule has 46 heavy (non-hydrogen) atoms. The Labute approximate surface area is 270 Å². The molecule has 0 radical (unpaired) electrons. The van der Waals surface area contributed by atoms with Crippen molar-refractivity contribution < 1.29 is 24.0 Å². The molecule has 7 rings (SSSR count). The minimum Gasteiger partial charge on any atom is -0.351 e. The molecule has 242 valence electrons. The number of benzene rings is 1. The van der Waals surface area contributed by atoms with E-state index in [0.29, 0.717) is 16.7 Å². The molecule has 0 unspecified atom stereocenters. The van der Waals surface area contributed by atoms with Gasteiger partial charge in [-0.15, -0.1) is 11.3 Å². The van der Waals surface area contributed by atoms with Crippen LogP contribution in [-0.2, 0) is 25.7 Å². The molecule has 12 heteroatoms. The Balaban J connectivity index is 1.13. The number of ketones is 1. The molecule has 2 aromatic heterocycles. The number of nitrogens with one attached hydrogen (secondary N) is 4. The van der Waals surface area contributed by atoms with Gasteiger partial charge in [0.2, 0.25) is 17.6 Å². The van der Waals surface area contributed by atoms with Crippen molar-refractivity contribution in [3.8, 4) is 0 Å². The van der Waals surface area contributed by atoms with Gasteiger partial charge in [0.05, 0.1) is 4.88 Å². The van der Waals surface area contributed by atoms with E-state index in [1.165, 1.54) is 34.6 Å². The van der Waals surface area contributed by atoms with Crippen LogP contribution in [0.5, 0.6) is 0 Å². The van der Waals surface area contributed by atoms with Crippen molar-refractivity contribution in [1.82, 2.24) is 20.5 Å². The van der Waals surface area contributed by atoms with Crippen molar-refractivity contribution >= 4 is 56.5 Å². The van der Waals surface area contributed by atoms with Crippen molar-refractivity contribution in [2.75, 3.05) is 11.9 Å². The number of nitrogens with zero attached hydrogens (tertiary/aromatic N) is 1. The third kappa shape index (κ3) is 6.91. The Morgan fingerprint density at radius 2 is 1.67 bits per heavy atom. The van der Waals surface area contributed by atoms with E-state index in [1.807, 2.05) is 24.3 Å². The topological polar surface area (TPSA) is 155 Å². The summed E-state index contributed by atoms with van der Waals surface area (Å²) >= 11 is 1.26. The maximum Gasteiger partial charge on any atom is 0.287 e. The van der Waals surface area contributed by atoms with Crippen LogP contribution >= 0.6 is 11.3 Å². The summed E-state index contributed by atoms with van der Waals surface area (Å²) in [6.07, 6.45) is 7.02. The predicted molar refractivity (Wildman–Crippen MR) is 174 cm³/mol. The van der Waals surface area contributed by atoms with Gasteiger partial charge in [-0.05, 0) is 98.8 Å². The molecule has 3 aromatic rings. The molecule has 0 aliphatic heterocycles. The summed E-state index contributed by atoms with van der Waals surface area (Å²) in [6.45, 7) is 1.78. The third-order valence-corrected chi connectivity index (χ3v) is 10.8. The fraction of sp³-hybridized carbons (Fsp3) is 0.471. The SMILES string of the molecule is CCNC(=O)C(=O)CC[C@H](NC(=O)c1cc2ccccc2s1)C(=O)Nc1cccn(CC(=O)NC2C3CC4CC(C3)CC2C4)c1=O. The molecule has 0 spiro atoms. The first-order chi connectivity index (χ1) is 22.2. The zero-order valence-corrected chi connectivity index (χ0v) is 26.6. The minimum absolute atomic E-state index is 0.0638. The number of rotatable bonds is 12. The molecule has 4 saturated carbocycles. The zero-order valence-electron chi connectivity index (χ0n) is 25.8. The van der Waals surface area contributed by atoms with E-state index < -0.39 is 35.1 Å². The lowest BCUT2D eigenvalue weighted by atomic mass is 9.54. The van der Waals surface area contributed by atoms with E-state index in [1.54, 1.807) is 19.1 Å². The minimum atomic E-state index is -1.22. The average Bonchev–Trinajstić information content (AvgIpc) is 3.47. The first kappa shape index (κ1) is 31.7. The van der Waals surface area contributed by atoms with Gasteiger partial charge in [0.15, 0.2) is 0 Å².